The van der Waals surface area contributed by atoms with E-state index in [9.17, 15) is 0 Å². The number of rotatable bonds is 3. The fourth-order valence-corrected chi connectivity index (χ4v) is 2.91. The molecule has 1 atom stereocenters. The van der Waals surface area contributed by atoms with Gasteiger partial charge in [-0.2, -0.15) is 0 Å². The molecule has 0 aliphatic heterocycles. The number of nitrogen functional groups attached to an aromatic ring is 1. The molecule has 0 spiro atoms. The van der Waals surface area contributed by atoms with E-state index in [2.05, 4.69) is 34.5 Å². The van der Waals surface area contributed by atoms with E-state index in [-0.39, 0.29) is 6.10 Å². The highest BCUT2D eigenvalue weighted by Crippen LogP contribution is 2.33. The smallest absolute Gasteiger partial charge is 0.203 e. The molecular weight excluding hydrogens is 246 g/mol. The Hall–Kier alpha value is -1.46. The number of nitrogens with two attached hydrogens (primary N) is 1. The molecule has 94 valence electrons. The van der Waals surface area contributed by atoms with Crippen molar-refractivity contribution in [1.82, 2.24) is 10.2 Å². The number of hydrogen-bond donors (Lipinski definition) is 1. The van der Waals surface area contributed by atoms with Gasteiger partial charge in [-0.3, -0.25) is 0 Å². The van der Waals surface area contributed by atoms with Crippen LogP contribution in [0, 0.1) is 0 Å². The maximum Gasteiger partial charge on any atom is 0.203 e. The summed E-state index contributed by atoms with van der Waals surface area (Å²) in [4.78, 5) is 0. The summed E-state index contributed by atoms with van der Waals surface area (Å²) in [5, 5.41) is 9.11. The Morgan fingerprint density at radius 2 is 2.22 bits per heavy atom. The van der Waals surface area contributed by atoms with E-state index in [0.29, 0.717) is 11.7 Å². The largest absolute Gasteiger partial charge is 0.374 e. The summed E-state index contributed by atoms with van der Waals surface area (Å²) in [5.41, 5.74) is 8.28. The molecular formula is C13H15N3OS. The van der Waals surface area contributed by atoms with Gasteiger partial charge in [-0.1, -0.05) is 35.6 Å². The van der Waals surface area contributed by atoms with Crippen LogP contribution in [0.4, 0.5) is 5.13 Å². The first kappa shape index (κ1) is 11.6. The van der Waals surface area contributed by atoms with Crippen LogP contribution in [0.25, 0.3) is 0 Å². The Labute approximate surface area is 110 Å². The van der Waals surface area contributed by atoms with Gasteiger partial charge >= 0.3 is 0 Å². The van der Waals surface area contributed by atoms with Gasteiger partial charge in [-0.25, -0.2) is 0 Å². The first-order valence-electron chi connectivity index (χ1n) is 6.10. The highest BCUT2D eigenvalue weighted by molar-refractivity contribution is 7.15. The minimum absolute atomic E-state index is 0.181. The predicted octanol–water partition coefficient (Wildman–Crippen LogP) is 2.71. The number of ether oxygens (including phenoxy) is 1. The van der Waals surface area contributed by atoms with Crippen molar-refractivity contribution >= 4 is 16.5 Å². The minimum atomic E-state index is 0.181. The normalized spacial score (nSPS) is 18.6. The van der Waals surface area contributed by atoms with Crippen LogP contribution in [-0.2, 0) is 17.8 Å². The van der Waals surface area contributed by atoms with Crippen LogP contribution in [0.5, 0.6) is 0 Å². The second kappa shape index (κ2) is 5.04. The Balaban J connectivity index is 1.71. The van der Waals surface area contributed by atoms with Crippen LogP contribution in [-0.4, -0.2) is 10.2 Å². The monoisotopic (exact) mass is 261 g/mol. The molecule has 0 fully saturated rings. The van der Waals surface area contributed by atoms with Crippen LogP contribution in [0.15, 0.2) is 24.3 Å². The number of benzene rings is 1. The molecule has 2 aromatic rings. The molecule has 2 N–H and O–H groups in total. The summed E-state index contributed by atoms with van der Waals surface area (Å²) in [5.74, 6) is 0. The molecule has 0 saturated heterocycles. The Bertz CT molecular complexity index is 541. The van der Waals surface area contributed by atoms with Crippen molar-refractivity contribution in [3.05, 3.63) is 40.4 Å². The molecule has 1 aromatic heterocycles. The summed E-state index contributed by atoms with van der Waals surface area (Å²) >= 11 is 1.39. The quantitative estimate of drug-likeness (QED) is 0.922. The molecule has 18 heavy (non-hydrogen) atoms. The molecule has 1 aliphatic rings. The van der Waals surface area contributed by atoms with Crippen LogP contribution in [0.1, 0.15) is 35.1 Å². The van der Waals surface area contributed by atoms with Gasteiger partial charge in [0.2, 0.25) is 5.13 Å². The molecule has 1 aromatic carbocycles. The molecule has 0 bridgehead atoms. The Morgan fingerprint density at radius 3 is 3.06 bits per heavy atom. The summed E-state index contributed by atoms with van der Waals surface area (Å²) in [6.45, 7) is 0.494. The van der Waals surface area contributed by atoms with E-state index < -0.39 is 0 Å². The van der Waals surface area contributed by atoms with Gasteiger partial charge in [0, 0.05) is 0 Å². The molecule has 5 heteroatoms. The SMILES string of the molecule is Nc1nnc(COC2CCCc3ccccc32)s1. The lowest BCUT2D eigenvalue weighted by Gasteiger charge is -2.25. The lowest BCUT2D eigenvalue weighted by Crippen LogP contribution is -2.12. The molecule has 3 rings (SSSR count). The first-order chi connectivity index (χ1) is 8.83. The molecule has 1 aliphatic carbocycles. The van der Waals surface area contributed by atoms with Crippen LogP contribution in [0.3, 0.4) is 0 Å². The van der Waals surface area contributed by atoms with E-state index >= 15 is 0 Å². The zero-order chi connectivity index (χ0) is 12.4. The number of nitrogens with zero attached hydrogens (tertiary/aromatic N) is 2. The zero-order valence-corrected chi connectivity index (χ0v) is 10.8. The van der Waals surface area contributed by atoms with Gasteiger partial charge in [-0.15, -0.1) is 10.2 Å². The zero-order valence-electron chi connectivity index (χ0n) is 10.0. The van der Waals surface area contributed by atoms with Gasteiger partial charge in [0.1, 0.15) is 11.6 Å². The number of hydrogen-bond acceptors (Lipinski definition) is 5. The van der Waals surface area contributed by atoms with Gasteiger partial charge in [0.05, 0.1) is 6.10 Å². The van der Waals surface area contributed by atoms with E-state index in [0.717, 1.165) is 17.8 Å². The van der Waals surface area contributed by atoms with Crippen molar-refractivity contribution < 1.29 is 4.74 Å². The lowest BCUT2D eigenvalue weighted by molar-refractivity contribution is 0.0279. The summed E-state index contributed by atoms with van der Waals surface area (Å²) in [6.07, 6.45) is 3.59. The standard InChI is InChI=1S/C13H15N3OS/c14-13-16-15-12(18-13)8-17-11-7-3-5-9-4-1-2-6-10(9)11/h1-2,4,6,11H,3,5,7-8H2,(H2,14,16). The number of aryl methyl sites for hydroxylation is 1. The van der Waals surface area contributed by atoms with Crippen molar-refractivity contribution in [1.29, 1.82) is 0 Å². The van der Waals surface area contributed by atoms with E-state index in [1.54, 1.807) is 0 Å². The maximum atomic E-state index is 5.96. The van der Waals surface area contributed by atoms with Crippen molar-refractivity contribution in [2.45, 2.75) is 32.0 Å². The molecule has 0 radical (unpaired) electrons. The maximum absolute atomic E-state index is 5.96. The average molecular weight is 261 g/mol. The van der Waals surface area contributed by atoms with Gasteiger partial charge in [0.25, 0.3) is 0 Å². The van der Waals surface area contributed by atoms with E-state index in [1.165, 1.54) is 28.9 Å². The first-order valence-corrected chi connectivity index (χ1v) is 6.92. The van der Waals surface area contributed by atoms with Gasteiger partial charge < -0.3 is 10.5 Å². The second-order valence-corrected chi connectivity index (χ2v) is 5.52. The van der Waals surface area contributed by atoms with Crippen LogP contribution in [0.2, 0.25) is 0 Å². The van der Waals surface area contributed by atoms with Gasteiger partial charge in [0.15, 0.2) is 0 Å². The average Bonchev–Trinajstić information content (AvgIpc) is 2.82. The number of aromatic nitrogens is 2. The minimum Gasteiger partial charge on any atom is -0.374 e. The van der Waals surface area contributed by atoms with Crippen LogP contribution < -0.4 is 5.73 Å². The van der Waals surface area contributed by atoms with Gasteiger partial charge in [-0.05, 0) is 30.4 Å². The molecule has 0 saturated carbocycles. The van der Waals surface area contributed by atoms with Crippen molar-refractivity contribution in [2.24, 2.45) is 0 Å². The van der Waals surface area contributed by atoms with E-state index in [4.69, 9.17) is 10.5 Å². The predicted molar refractivity (Wildman–Crippen MR) is 71.2 cm³/mol. The highest BCUT2D eigenvalue weighted by Gasteiger charge is 2.20. The highest BCUT2D eigenvalue weighted by atomic mass is 32.1. The topological polar surface area (TPSA) is 61.0 Å². The molecule has 1 unspecified atom stereocenters. The molecule has 4 nitrogen and oxygen atoms in total. The second-order valence-electron chi connectivity index (χ2n) is 4.42. The third-order valence-electron chi connectivity index (χ3n) is 3.20. The fraction of sp³-hybridized carbons (Fsp3) is 0.385. The van der Waals surface area contributed by atoms with Crippen LogP contribution >= 0.6 is 11.3 Å². The lowest BCUT2D eigenvalue weighted by atomic mass is 9.89. The number of anilines is 1. The Kier molecular flexibility index (Phi) is 3.25. The summed E-state index contributed by atoms with van der Waals surface area (Å²) in [6, 6.07) is 8.51. The number of fused-ring (bicyclic) bond motifs is 1. The molecule has 0 amide bonds. The molecule has 1 heterocycles. The third kappa shape index (κ3) is 2.37. The third-order valence-corrected chi connectivity index (χ3v) is 3.93. The summed E-state index contributed by atoms with van der Waals surface area (Å²) in [7, 11) is 0. The van der Waals surface area contributed by atoms with Crippen molar-refractivity contribution in [2.75, 3.05) is 5.73 Å². The van der Waals surface area contributed by atoms with Crippen molar-refractivity contribution in [3.63, 3.8) is 0 Å². The summed E-state index contributed by atoms with van der Waals surface area (Å²) < 4.78 is 5.96. The Morgan fingerprint density at radius 1 is 1.33 bits per heavy atom. The van der Waals surface area contributed by atoms with E-state index in [1.807, 2.05) is 0 Å². The van der Waals surface area contributed by atoms with Crippen molar-refractivity contribution in [3.8, 4) is 0 Å². The fourth-order valence-electron chi connectivity index (χ4n) is 2.38.